The molecule has 0 bridgehead atoms. The van der Waals surface area contributed by atoms with E-state index in [0.717, 1.165) is 0 Å². The van der Waals surface area contributed by atoms with Crippen molar-refractivity contribution in [2.24, 2.45) is 5.92 Å². The van der Waals surface area contributed by atoms with Crippen molar-refractivity contribution in [1.82, 2.24) is 15.1 Å². The maximum Gasteiger partial charge on any atom is 0.406 e. The van der Waals surface area contributed by atoms with Gasteiger partial charge in [-0.1, -0.05) is 0 Å². The number of furan rings is 1. The number of hydrogen-bond donors (Lipinski definition) is 1. The molecule has 1 fully saturated rings. The van der Waals surface area contributed by atoms with E-state index in [1.165, 1.54) is 6.26 Å². The average molecular weight is 347 g/mol. The molecule has 2 amide bonds. The fourth-order valence-corrected chi connectivity index (χ4v) is 2.68. The highest BCUT2D eigenvalue weighted by atomic mass is 19.4. The predicted octanol–water partition coefficient (Wildman–Crippen LogP) is 1.41. The Balaban J connectivity index is 1.90. The van der Waals surface area contributed by atoms with Crippen LogP contribution in [0.2, 0.25) is 0 Å². The van der Waals surface area contributed by atoms with Crippen molar-refractivity contribution in [1.29, 1.82) is 0 Å². The van der Waals surface area contributed by atoms with Gasteiger partial charge in [0, 0.05) is 19.5 Å². The number of likely N-dealkylation sites (N-methyl/N-ethyl adjacent to an activating group) is 1. The van der Waals surface area contributed by atoms with Gasteiger partial charge in [-0.3, -0.25) is 14.5 Å². The molecule has 1 aliphatic heterocycles. The highest BCUT2D eigenvalue weighted by Gasteiger charge is 2.40. The Labute approximate surface area is 137 Å². The van der Waals surface area contributed by atoms with Crippen molar-refractivity contribution in [2.75, 3.05) is 33.7 Å². The zero-order valence-corrected chi connectivity index (χ0v) is 13.5. The van der Waals surface area contributed by atoms with E-state index in [1.807, 2.05) is 19.0 Å². The standard InChI is InChI=1S/C15H20F3N3O3/c1-20(2)11(12-4-3-5-24-12)7-19-14(23)10-6-13(22)21(8-10)9-15(16,17)18/h3-5,10-11H,6-9H2,1-2H3,(H,19,23)/t10-,11-/m0/s1. The predicted molar refractivity (Wildman–Crippen MR) is 78.9 cm³/mol. The van der Waals surface area contributed by atoms with Crippen LogP contribution in [0.5, 0.6) is 0 Å². The lowest BCUT2D eigenvalue weighted by molar-refractivity contribution is -0.157. The summed E-state index contributed by atoms with van der Waals surface area (Å²) in [5.74, 6) is -1.17. The van der Waals surface area contributed by atoms with Crippen LogP contribution in [0.25, 0.3) is 0 Å². The van der Waals surface area contributed by atoms with E-state index in [4.69, 9.17) is 4.42 Å². The maximum atomic E-state index is 12.4. The van der Waals surface area contributed by atoms with Crippen LogP contribution < -0.4 is 5.32 Å². The molecular weight excluding hydrogens is 327 g/mol. The second kappa shape index (κ2) is 7.25. The largest absolute Gasteiger partial charge is 0.468 e. The Morgan fingerprint density at radius 1 is 1.50 bits per heavy atom. The first kappa shape index (κ1) is 18.3. The van der Waals surface area contributed by atoms with E-state index in [0.29, 0.717) is 10.7 Å². The highest BCUT2D eigenvalue weighted by Crippen LogP contribution is 2.24. The van der Waals surface area contributed by atoms with Crippen LogP contribution in [0.3, 0.4) is 0 Å². The molecule has 1 saturated heterocycles. The highest BCUT2D eigenvalue weighted by molar-refractivity contribution is 5.89. The number of likely N-dealkylation sites (tertiary alicyclic amines) is 1. The zero-order chi connectivity index (χ0) is 17.9. The number of amides is 2. The van der Waals surface area contributed by atoms with Gasteiger partial charge in [-0.05, 0) is 26.2 Å². The Morgan fingerprint density at radius 2 is 2.21 bits per heavy atom. The summed E-state index contributed by atoms with van der Waals surface area (Å²) >= 11 is 0. The van der Waals surface area contributed by atoms with Gasteiger partial charge in [-0.15, -0.1) is 0 Å². The van der Waals surface area contributed by atoms with E-state index >= 15 is 0 Å². The van der Waals surface area contributed by atoms with Gasteiger partial charge in [0.15, 0.2) is 0 Å². The van der Waals surface area contributed by atoms with Crippen LogP contribution in [0, 0.1) is 5.92 Å². The molecule has 0 saturated carbocycles. The molecule has 24 heavy (non-hydrogen) atoms. The molecule has 0 aromatic carbocycles. The average Bonchev–Trinajstić information content (AvgIpc) is 3.08. The van der Waals surface area contributed by atoms with Crippen LogP contribution in [0.4, 0.5) is 13.2 Å². The number of nitrogens with one attached hydrogen (secondary N) is 1. The smallest absolute Gasteiger partial charge is 0.406 e. The second-order valence-corrected chi connectivity index (χ2v) is 6.03. The van der Waals surface area contributed by atoms with Gasteiger partial charge in [-0.2, -0.15) is 13.2 Å². The summed E-state index contributed by atoms with van der Waals surface area (Å²) in [7, 11) is 3.65. The maximum absolute atomic E-state index is 12.4. The van der Waals surface area contributed by atoms with Crippen molar-refractivity contribution >= 4 is 11.8 Å². The summed E-state index contributed by atoms with van der Waals surface area (Å²) in [5.41, 5.74) is 0. The van der Waals surface area contributed by atoms with Gasteiger partial charge in [0.25, 0.3) is 0 Å². The number of alkyl halides is 3. The number of hydrogen-bond acceptors (Lipinski definition) is 4. The minimum absolute atomic E-state index is 0.199. The minimum atomic E-state index is -4.46. The third-order valence-corrected chi connectivity index (χ3v) is 3.92. The lowest BCUT2D eigenvalue weighted by Crippen LogP contribution is -2.39. The summed E-state index contributed by atoms with van der Waals surface area (Å²) < 4.78 is 42.5. The summed E-state index contributed by atoms with van der Waals surface area (Å²) in [6.45, 7) is -1.29. The third-order valence-electron chi connectivity index (χ3n) is 3.92. The first-order chi connectivity index (χ1) is 11.2. The molecule has 2 heterocycles. The number of carbonyl (C=O) groups is 2. The molecule has 2 rings (SSSR count). The first-order valence-electron chi connectivity index (χ1n) is 7.49. The van der Waals surface area contributed by atoms with Crippen LogP contribution in [0.15, 0.2) is 22.8 Å². The summed E-state index contributed by atoms with van der Waals surface area (Å²) in [5, 5.41) is 2.70. The van der Waals surface area contributed by atoms with Gasteiger partial charge in [0.2, 0.25) is 11.8 Å². The van der Waals surface area contributed by atoms with Crippen LogP contribution in [0.1, 0.15) is 18.2 Å². The van der Waals surface area contributed by atoms with Crippen molar-refractivity contribution in [2.45, 2.75) is 18.6 Å². The lowest BCUT2D eigenvalue weighted by Gasteiger charge is -2.23. The van der Waals surface area contributed by atoms with Gasteiger partial charge in [-0.25, -0.2) is 0 Å². The molecule has 2 atom stereocenters. The number of rotatable bonds is 6. The van der Waals surface area contributed by atoms with Crippen LogP contribution in [-0.4, -0.2) is 61.5 Å². The van der Waals surface area contributed by atoms with E-state index in [2.05, 4.69) is 5.32 Å². The Kier molecular flexibility index (Phi) is 5.53. The molecular formula is C15H20F3N3O3. The van der Waals surface area contributed by atoms with E-state index in [-0.39, 0.29) is 25.6 Å². The van der Waals surface area contributed by atoms with Gasteiger partial charge < -0.3 is 14.6 Å². The summed E-state index contributed by atoms with van der Waals surface area (Å²) in [6.07, 6.45) is -3.13. The fraction of sp³-hybridized carbons (Fsp3) is 0.600. The molecule has 9 heteroatoms. The van der Waals surface area contributed by atoms with E-state index < -0.39 is 30.5 Å². The number of halogens is 3. The molecule has 1 N–H and O–H groups in total. The molecule has 1 aromatic heterocycles. The van der Waals surface area contributed by atoms with Crippen molar-refractivity contribution < 1.29 is 27.2 Å². The topological polar surface area (TPSA) is 65.8 Å². The quantitative estimate of drug-likeness (QED) is 0.845. The normalized spacial score (nSPS) is 19.8. The summed E-state index contributed by atoms with van der Waals surface area (Å²) in [4.78, 5) is 26.3. The Bertz CT molecular complexity index is 572. The lowest BCUT2D eigenvalue weighted by atomic mass is 10.1. The van der Waals surface area contributed by atoms with Crippen LogP contribution in [-0.2, 0) is 9.59 Å². The molecule has 1 aliphatic rings. The molecule has 1 aromatic rings. The van der Waals surface area contributed by atoms with Gasteiger partial charge in [0.1, 0.15) is 12.3 Å². The van der Waals surface area contributed by atoms with Gasteiger partial charge in [0.05, 0.1) is 18.2 Å². The molecule has 0 spiro atoms. The van der Waals surface area contributed by atoms with Crippen molar-refractivity contribution in [3.8, 4) is 0 Å². The monoisotopic (exact) mass is 347 g/mol. The molecule has 0 radical (unpaired) electrons. The third kappa shape index (κ3) is 4.73. The van der Waals surface area contributed by atoms with E-state index in [1.54, 1.807) is 12.1 Å². The molecule has 0 unspecified atom stereocenters. The molecule has 0 aliphatic carbocycles. The Morgan fingerprint density at radius 3 is 2.75 bits per heavy atom. The molecule has 6 nitrogen and oxygen atoms in total. The minimum Gasteiger partial charge on any atom is -0.468 e. The SMILES string of the molecule is CN(C)[C@@H](CNC(=O)[C@H]1CC(=O)N(CC(F)(F)F)C1)c1ccco1. The molecule has 134 valence electrons. The number of nitrogens with zero attached hydrogens (tertiary/aromatic N) is 2. The van der Waals surface area contributed by atoms with Crippen molar-refractivity contribution in [3.63, 3.8) is 0 Å². The van der Waals surface area contributed by atoms with Crippen molar-refractivity contribution in [3.05, 3.63) is 24.2 Å². The fourth-order valence-electron chi connectivity index (χ4n) is 2.68. The van der Waals surface area contributed by atoms with Gasteiger partial charge >= 0.3 is 6.18 Å². The Hall–Kier alpha value is -2.03. The second-order valence-electron chi connectivity index (χ2n) is 6.03. The van der Waals surface area contributed by atoms with E-state index in [9.17, 15) is 22.8 Å². The van der Waals surface area contributed by atoms with Crippen LogP contribution >= 0.6 is 0 Å². The summed E-state index contributed by atoms with van der Waals surface area (Å²) in [6, 6.07) is 3.31. The zero-order valence-electron chi connectivity index (χ0n) is 13.5. The first-order valence-corrected chi connectivity index (χ1v) is 7.49. The number of carbonyl (C=O) groups excluding carboxylic acids is 2.